The Balaban J connectivity index is 2.27. The first-order chi connectivity index (χ1) is 6.68. The van der Waals surface area contributed by atoms with Crippen LogP contribution in [0.2, 0.25) is 0 Å². The summed E-state index contributed by atoms with van der Waals surface area (Å²) in [6, 6.07) is 0.172. The number of amides is 1. The van der Waals surface area contributed by atoms with Crippen LogP contribution in [-0.4, -0.2) is 28.9 Å². The van der Waals surface area contributed by atoms with E-state index in [0.29, 0.717) is 6.61 Å². The molecule has 1 amide bonds. The van der Waals surface area contributed by atoms with Crippen LogP contribution in [0, 0.1) is 0 Å². The fourth-order valence-corrected chi connectivity index (χ4v) is 1.51. The highest BCUT2D eigenvalue weighted by molar-refractivity contribution is 5.96. The molecule has 4 N–H and O–H groups in total. The lowest BCUT2D eigenvalue weighted by Gasteiger charge is -2.06. The molecule has 76 valence electrons. The summed E-state index contributed by atoms with van der Waals surface area (Å²) in [4.78, 5) is 10.9. The van der Waals surface area contributed by atoms with Crippen LogP contribution in [0.25, 0.3) is 0 Å². The predicted molar refractivity (Wildman–Crippen MR) is 49.6 cm³/mol. The molecule has 1 saturated heterocycles. The number of hydrogen-bond donors (Lipinski definition) is 2. The van der Waals surface area contributed by atoms with Gasteiger partial charge in [0.05, 0.1) is 12.6 Å². The molecule has 1 aliphatic rings. The first-order valence-corrected chi connectivity index (χ1v) is 4.40. The maximum Gasteiger partial charge on any atom is 0.254 e. The van der Waals surface area contributed by atoms with Crippen LogP contribution in [0.15, 0.2) is 6.20 Å². The average Bonchev–Trinajstić information content (AvgIpc) is 2.70. The number of carbonyl (C=O) groups is 1. The van der Waals surface area contributed by atoms with Gasteiger partial charge in [0.15, 0.2) is 5.82 Å². The molecular weight excluding hydrogens is 184 g/mol. The van der Waals surface area contributed by atoms with Gasteiger partial charge in [0.25, 0.3) is 5.91 Å². The van der Waals surface area contributed by atoms with E-state index in [1.807, 2.05) is 0 Å². The van der Waals surface area contributed by atoms with E-state index in [1.165, 1.54) is 0 Å². The molecule has 2 rings (SSSR count). The summed E-state index contributed by atoms with van der Waals surface area (Å²) in [6.45, 7) is 1.33. The Bertz CT molecular complexity index is 354. The van der Waals surface area contributed by atoms with Gasteiger partial charge in [-0.15, -0.1) is 0 Å². The molecule has 0 aromatic carbocycles. The highest BCUT2D eigenvalue weighted by atomic mass is 16.5. The van der Waals surface area contributed by atoms with Gasteiger partial charge >= 0.3 is 0 Å². The number of primary amides is 1. The Hall–Kier alpha value is -1.56. The largest absolute Gasteiger partial charge is 0.382 e. The molecule has 1 aromatic heterocycles. The lowest BCUT2D eigenvalue weighted by atomic mass is 10.2. The number of carbonyl (C=O) groups excluding carboxylic acids is 1. The van der Waals surface area contributed by atoms with Crippen molar-refractivity contribution in [3.8, 4) is 0 Å². The monoisotopic (exact) mass is 196 g/mol. The third-order valence-electron chi connectivity index (χ3n) is 2.31. The van der Waals surface area contributed by atoms with Gasteiger partial charge in [0.2, 0.25) is 0 Å². The van der Waals surface area contributed by atoms with E-state index >= 15 is 0 Å². The van der Waals surface area contributed by atoms with Crippen LogP contribution in [0.5, 0.6) is 0 Å². The van der Waals surface area contributed by atoms with E-state index in [9.17, 15) is 4.79 Å². The van der Waals surface area contributed by atoms with Crippen LogP contribution in [0.4, 0.5) is 5.82 Å². The van der Waals surface area contributed by atoms with Crippen LogP contribution in [0.3, 0.4) is 0 Å². The van der Waals surface area contributed by atoms with Crippen LogP contribution >= 0.6 is 0 Å². The van der Waals surface area contributed by atoms with Gasteiger partial charge in [-0.25, -0.2) is 0 Å². The Morgan fingerprint density at radius 3 is 3.00 bits per heavy atom. The van der Waals surface area contributed by atoms with Crippen molar-refractivity contribution in [3.05, 3.63) is 11.8 Å². The van der Waals surface area contributed by atoms with Gasteiger partial charge in [0.1, 0.15) is 5.56 Å². The van der Waals surface area contributed by atoms with Gasteiger partial charge < -0.3 is 16.2 Å². The third-order valence-corrected chi connectivity index (χ3v) is 2.31. The lowest BCUT2D eigenvalue weighted by molar-refractivity contribution is 0.100. The fourth-order valence-electron chi connectivity index (χ4n) is 1.51. The number of hydrogen-bond acceptors (Lipinski definition) is 4. The van der Waals surface area contributed by atoms with Crippen molar-refractivity contribution in [1.82, 2.24) is 9.78 Å². The molecule has 0 radical (unpaired) electrons. The molecule has 1 fully saturated rings. The Labute approximate surface area is 80.8 Å². The van der Waals surface area contributed by atoms with Crippen molar-refractivity contribution in [2.24, 2.45) is 5.73 Å². The summed E-state index contributed by atoms with van der Waals surface area (Å²) in [5, 5.41) is 4.03. The standard InChI is InChI=1S/C8H12N4O2/c9-7-6(8(10)13)3-12(11-7)5-1-2-14-4-5/h3,5H,1-2,4H2,(H2,9,11)(H2,10,13). The van der Waals surface area contributed by atoms with Crippen molar-refractivity contribution in [3.63, 3.8) is 0 Å². The van der Waals surface area contributed by atoms with Crippen LogP contribution in [0.1, 0.15) is 22.8 Å². The average molecular weight is 196 g/mol. The normalized spacial score (nSPS) is 21.3. The van der Waals surface area contributed by atoms with E-state index in [-0.39, 0.29) is 17.4 Å². The molecule has 14 heavy (non-hydrogen) atoms. The third kappa shape index (κ3) is 1.44. The van der Waals surface area contributed by atoms with Gasteiger partial charge in [0, 0.05) is 12.8 Å². The maximum atomic E-state index is 10.9. The van der Waals surface area contributed by atoms with Gasteiger partial charge in [-0.3, -0.25) is 9.48 Å². The number of nitrogens with two attached hydrogens (primary N) is 2. The molecular formula is C8H12N4O2. The van der Waals surface area contributed by atoms with Crippen LogP contribution in [-0.2, 0) is 4.74 Å². The predicted octanol–water partition coefficient (Wildman–Crippen LogP) is -0.474. The van der Waals surface area contributed by atoms with E-state index in [4.69, 9.17) is 16.2 Å². The van der Waals surface area contributed by atoms with E-state index in [0.717, 1.165) is 13.0 Å². The van der Waals surface area contributed by atoms with Crippen LogP contribution < -0.4 is 11.5 Å². The molecule has 2 heterocycles. The second kappa shape index (κ2) is 3.30. The summed E-state index contributed by atoms with van der Waals surface area (Å²) in [6.07, 6.45) is 2.47. The van der Waals surface area contributed by atoms with Crippen molar-refractivity contribution in [1.29, 1.82) is 0 Å². The Kier molecular flexibility index (Phi) is 2.12. The first-order valence-electron chi connectivity index (χ1n) is 4.40. The molecule has 6 nitrogen and oxygen atoms in total. The highest BCUT2D eigenvalue weighted by Gasteiger charge is 2.21. The fraction of sp³-hybridized carbons (Fsp3) is 0.500. The minimum Gasteiger partial charge on any atom is -0.382 e. The molecule has 1 aromatic rings. The van der Waals surface area contributed by atoms with Crippen molar-refractivity contribution < 1.29 is 9.53 Å². The maximum absolute atomic E-state index is 10.9. The zero-order valence-electron chi connectivity index (χ0n) is 7.64. The Morgan fingerprint density at radius 2 is 2.50 bits per heavy atom. The highest BCUT2D eigenvalue weighted by Crippen LogP contribution is 2.20. The summed E-state index contributed by atoms with van der Waals surface area (Å²) < 4.78 is 6.86. The molecule has 6 heteroatoms. The second-order valence-corrected chi connectivity index (χ2v) is 3.29. The number of aromatic nitrogens is 2. The minimum atomic E-state index is -0.548. The second-order valence-electron chi connectivity index (χ2n) is 3.29. The number of nitrogen functional groups attached to an aromatic ring is 1. The van der Waals surface area contributed by atoms with E-state index in [1.54, 1.807) is 10.9 Å². The minimum absolute atomic E-state index is 0.172. The van der Waals surface area contributed by atoms with E-state index < -0.39 is 5.91 Å². The zero-order chi connectivity index (χ0) is 10.1. The first kappa shape index (κ1) is 9.01. The Morgan fingerprint density at radius 1 is 1.71 bits per heavy atom. The topological polar surface area (TPSA) is 96.2 Å². The smallest absolute Gasteiger partial charge is 0.254 e. The molecule has 0 bridgehead atoms. The molecule has 0 saturated carbocycles. The molecule has 1 unspecified atom stereocenters. The molecule has 0 spiro atoms. The van der Waals surface area contributed by atoms with E-state index in [2.05, 4.69) is 5.10 Å². The van der Waals surface area contributed by atoms with Crippen molar-refractivity contribution in [2.45, 2.75) is 12.5 Å². The van der Waals surface area contributed by atoms with Crippen molar-refractivity contribution in [2.75, 3.05) is 18.9 Å². The van der Waals surface area contributed by atoms with Gasteiger partial charge in [-0.2, -0.15) is 5.10 Å². The van der Waals surface area contributed by atoms with Crippen molar-refractivity contribution >= 4 is 11.7 Å². The number of anilines is 1. The SMILES string of the molecule is NC(=O)c1cn(C2CCOC2)nc1N. The summed E-state index contributed by atoms with van der Waals surface area (Å²) in [5.74, 6) is -0.364. The summed E-state index contributed by atoms with van der Waals surface area (Å²) >= 11 is 0. The summed E-state index contributed by atoms with van der Waals surface area (Å²) in [7, 11) is 0. The molecule has 1 aliphatic heterocycles. The lowest BCUT2D eigenvalue weighted by Crippen LogP contribution is -2.12. The molecule has 1 atom stereocenters. The number of ether oxygens (including phenoxy) is 1. The van der Waals surface area contributed by atoms with Gasteiger partial charge in [-0.05, 0) is 6.42 Å². The zero-order valence-corrected chi connectivity index (χ0v) is 7.64. The quantitative estimate of drug-likeness (QED) is 0.668. The number of rotatable bonds is 2. The molecule has 0 aliphatic carbocycles. The summed E-state index contributed by atoms with van der Waals surface area (Å²) in [5.41, 5.74) is 10.9. The number of nitrogens with zero attached hydrogens (tertiary/aromatic N) is 2. The van der Waals surface area contributed by atoms with Gasteiger partial charge in [-0.1, -0.05) is 0 Å².